The molecule has 0 unspecified atom stereocenters. The number of halogens is 1. The molecule has 1 aromatic heterocycles. The van der Waals surface area contributed by atoms with Crippen molar-refractivity contribution in [3.63, 3.8) is 0 Å². The molecule has 0 bridgehead atoms. The fourth-order valence-electron chi connectivity index (χ4n) is 3.85. The summed E-state index contributed by atoms with van der Waals surface area (Å²) in [5.41, 5.74) is 1.08. The van der Waals surface area contributed by atoms with Gasteiger partial charge in [0.25, 0.3) is 0 Å². The second-order valence-electron chi connectivity index (χ2n) is 7.77. The first-order valence-corrected chi connectivity index (χ1v) is 11.7. The lowest BCUT2D eigenvalue weighted by atomic mass is 10.0. The van der Waals surface area contributed by atoms with E-state index in [1.54, 1.807) is 29.5 Å². The summed E-state index contributed by atoms with van der Waals surface area (Å²) in [6, 6.07) is 7.64. The van der Waals surface area contributed by atoms with E-state index in [1.165, 1.54) is 17.0 Å². The van der Waals surface area contributed by atoms with E-state index in [2.05, 4.69) is 12.5 Å². The van der Waals surface area contributed by atoms with Crippen molar-refractivity contribution in [1.29, 1.82) is 0 Å². The average Bonchev–Trinajstić information content (AvgIpc) is 3.28. The lowest BCUT2D eigenvalue weighted by Gasteiger charge is -2.37. The average molecular weight is 473 g/mol. The van der Waals surface area contributed by atoms with Crippen molar-refractivity contribution in [1.82, 2.24) is 9.80 Å². The Kier molecular flexibility index (Phi) is 9.46. The standard InChI is InChI=1S/C25H29FN2O4S/c1-3-11-27(15-20(29)17-31-13-4-2)16-25(30)28-12-9-24-22(10-14-33-24)23(28)18-32-21-7-5-19(26)6-8-21/h2-3,5-8,10,14,20,23,29H,1,9,11-13,15-18H2/t20-,23+/m1/s1. The molecule has 0 saturated heterocycles. The van der Waals surface area contributed by atoms with Gasteiger partial charge in [0, 0.05) is 24.5 Å². The van der Waals surface area contributed by atoms with E-state index >= 15 is 0 Å². The van der Waals surface area contributed by atoms with Crippen LogP contribution in [0.25, 0.3) is 0 Å². The first kappa shape index (κ1) is 24.9. The number of amides is 1. The summed E-state index contributed by atoms with van der Waals surface area (Å²) in [6.07, 6.45) is 6.88. The number of carbonyl (C=O) groups is 1. The maximum atomic E-state index is 13.3. The van der Waals surface area contributed by atoms with Crippen LogP contribution in [0.15, 0.2) is 48.4 Å². The fourth-order valence-corrected chi connectivity index (χ4v) is 4.78. The highest BCUT2D eigenvalue weighted by Gasteiger charge is 2.33. The number of fused-ring (bicyclic) bond motifs is 1. The molecule has 2 heterocycles. The summed E-state index contributed by atoms with van der Waals surface area (Å²) >= 11 is 1.68. The molecule has 0 spiro atoms. The van der Waals surface area contributed by atoms with E-state index in [-0.39, 0.29) is 50.7 Å². The lowest BCUT2D eigenvalue weighted by Crippen LogP contribution is -2.48. The van der Waals surface area contributed by atoms with Gasteiger partial charge < -0.3 is 19.5 Å². The van der Waals surface area contributed by atoms with Crippen LogP contribution in [0.4, 0.5) is 4.39 Å². The first-order chi connectivity index (χ1) is 16.0. The van der Waals surface area contributed by atoms with Gasteiger partial charge in [-0.25, -0.2) is 4.39 Å². The summed E-state index contributed by atoms with van der Waals surface area (Å²) in [7, 11) is 0. The number of carbonyl (C=O) groups excluding carboxylic acids is 1. The van der Waals surface area contributed by atoms with Crippen LogP contribution in [0.3, 0.4) is 0 Å². The molecule has 6 nitrogen and oxygen atoms in total. The Labute approximate surface area is 198 Å². The van der Waals surface area contributed by atoms with Crippen LogP contribution < -0.4 is 4.74 Å². The highest BCUT2D eigenvalue weighted by molar-refractivity contribution is 7.10. The highest BCUT2D eigenvalue weighted by atomic mass is 32.1. The number of terminal acetylenes is 1. The molecule has 0 saturated carbocycles. The number of hydrogen-bond acceptors (Lipinski definition) is 6. The van der Waals surface area contributed by atoms with Crippen LogP contribution in [0.5, 0.6) is 5.75 Å². The van der Waals surface area contributed by atoms with Gasteiger partial charge in [-0.1, -0.05) is 12.0 Å². The molecule has 1 aliphatic heterocycles. The Morgan fingerprint density at radius 3 is 2.94 bits per heavy atom. The number of thiophene rings is 1. The van der Waals surface area contributed by atoms with Crippen molar-refractivity contribution in [2.45, 2.75) is 18.6 Å². The molecule has 33 heavy (non-hydrogen) atoms. The highest BCUT2D eigenvalue weighted by Crippen LogP contribution is 2.34. The van der Waals surface area contributed by atoms with Crippen LogP contribution in [0.1, 0.15) is 16.5 Å². The molecule has 1 amide bonds. The first-order valence-electron chi connectivity index (χ1n) is 10.8. The molecule has 0 radical (unpaired) electrons. The zero-order valence-electron chi connectivity index (χ0n) is 18.5. The van der Waals surface area contributed by atoms with Crippen molar-refractivity contribution in [3.05, 3.63) is 64.6 Å². The number of hydrogen-bond donors (Lipinski definition) is 1. The van der Waals surface area contributed by atoms with Gasteiger partial charge in [-0.15, -0.1) is 24.3 Å². The van der Waals surface area contributed by atoms with Gasteiger partial charge in [-0.2, -0.15) is 0 Å². The summed E-state index contributed by atoms with van der Waals surface area (Å²) in [5, 5.41) is 12.3. The largest absolute Gasteiger partial charge is 0.491 e. The molecule has 8 heteroatoms. The van der Waals surface area contributed by atoms with E-state index in [1.807, 2.05) is 21.2 Å². The third-order valence-corrected chi connectivity index (χ3v) is 6.34. The van der Waals surface area contributed by atoms with E-state index in [0.29, 0.717) is 18.8 Å². The van der Waals surface area contributed by atoms with E-state index in [9.17, 15) is 14.3 Å². The second kappa shape index (κ2) is 12.5. The van der Waals surface area contributed by atoms with Crippen molar-refractivity contribution in [2.24, 2.45) is 0 Å². The third kappa shape index (κ3) is 7.14. The zero-order valence-corrected chi connectivity index (χ0v) is 19.3. The molecular weight excluding hydrogens is 443 g/mol. The predicted octanol–water partition coefficient (Wildman–Crippen LogP) is 2.89. The van der Waals surface area contributed by atoms with Crippen LogP contribution in [0.2, 0.25) is 0 Å². The quantitative estimate of drug-likeness (QED) is 0.292. The van der Waals surface area contributed by atoms with Gasteiger partial charge in [-0.3, -0.25) is 9.69 Å². The van der Waals surface area contributed by atoms with Crippen LogP contribution in [-0.2, 0) is 16.0 Å². The Hall–Kier alpha value is -2.70. The summed E-state index contributed by atoms with van der Waals surface area (Å²) in [5.74, 6) is 2.53. The maximum absolute atomic E-state index is 13.3. The number of nitrogens with zero attached hydrogens (tertiary/aromatic N) is 2. The van der Waals surface area contributed by atoms with Gasteiger partial charge in [-0.05, 0) is 47.7 Å². The molecule has 1 aromatic carbocycles. The van der Waals surface area contributed by atoms with Crippen molar-refractivity contribution in [3.8, 4) is 18.1 Å². The molecule has 0 aliphatic carbocycles. The lowest BCUT2D eigenvalue weighted by molar-refractivity contribution is -0.136. The fraction of sp³-hybridized carbons (Fsp3) is 0.400. The van der Waals surface area contributed by atoms with Crippen LogP contribution >= 0.6 is 11.3 Å². The molecule has 176 valence electrons. The molecule has 0 fully saturated rings. The molecule has 1 aliphatic rings. The summed E-state index contributed by atoms with van der Waals surface area (Å²) in [4.78, 5) is 18.2. The van der Waals surface area contributed by atoms with Crippen molar-refractivity contribution >= 4 is 17.2 Å². The van der Waals surface area contributed by atoms with Crippen molar-refractivity contribution in [2.75, 3.05) is 46.0 Å². The molecular formula is C25H29FN2O4S. The van der Waals surface area contributed by atoms with Gasteiger partial charge in [0.05, 0.1) is 25.3 Å². The third-order valence-electron chi connectivity index (χ3n) is 5.35. The molecule has 2 aromatic rings. The van der Waals surface area contributed by atoms with Gasteiger partial charge in [0.1, 0.15) is 24.8 Å². The van der Waals surface area contributed by atoms with Crippen LogP contribution in [-0.4, -0.2) is 72.9 Å². The molecule has 2 atom stereocenters. The number of rotatable bonds is 12. The minimum absolute atomic E-state index is 0.0573. The zero-order chi connectivity index (χ0) is 23.6. The normalized spacial score (nSPS) is 16.2. The number of ether oxygens (including phenoxy) is 2. The smallest absolute Gasteiger partial charge is 0.237 e. The van der Waals surface area contributed by atoms with E-state index in [0.717, 1.165) is 12.0 Å². The minimum atomic E-state index is -0.770. The summed E-state index contributed by atoms with van der Waals surface area (Å²) < 4.78 is 24.3. The monoisotopic (exact) mass is 472 g/mol. The Bertz CT molecular complexity index is 956. The molecule has 3 rings (SSSR count). The van der Waals surface area contributed by atoms with Gasteiger partial charge >= 0.3 is 0 Å². The summed E-state index contributed by atoms with van der Waals surface area (Å²) in [6.45, 7) is 5.68. The maximum Gasteiger partial charge on any atom is 0.237 e. The van der Waals surface area contributed by atoms with Gasteiger partial charge in [0.15, 0.2) is 0 Å². The number of aliphatic hydroxyl groups is 1. The molecule has 1 N–H and O–H groups in total. The van der Waals surface area contributed by atoms with Crippen molar-refractivity contribution < 1.29 is 23.8 Å². The number of benzene rings is 1. The van der Waals surface area contributed by atoms with Crippen LogP contribution in [0, 0.1) is 18.2 Å². The Balaban J connectivity index is 1.67. The second-order valence-corrected chi connectivity index (χ2v) is 8.77. The SMILES string of the molecule is C#CCOC[C@H](O)CN(CC=C)CC(=O)N1CCc2sccc2[C@@H]1COc1ccc(F)cc1. The van der Waals surface area contributed by atoms with E-state index in [4.69, 9.17) is 15.9 Å². The van der Waals surface area contributed by atoms with Gasteiger partial charge in [0.2, 0.25) is 5.91 Å². The minimum Gasteiger partial charge on any atom is -0.491 e. The Morgan fingerprint density at radius 2 is 2.21 bits per heavy atom. The van der Waals surface area contributed by atoms with E-state index < -0.39 is 6.10 Å². The predicted molar refractivity (Wildman–Crippen MR) is 127 cm³/mol. The topological polar surface area (TPSA) is 62.2 Å². The number of aliphatic hydroxyl groups excluding tert-OH is 1. The Morgan fingerprint density at radius 1 is 1.42 bits per heavy atom.